The van der Waals surface area contributed by atoms with Crippen LogP contribution in [0.3, 0.4) is 0 Å². The fourth-order valence-corrected chi connectivity index (χ4v) is 4.06. The van der Waals surface area contributed by atoms with Crippen LogP contribution in [-0.2, 0) is 11.3 Å². The maximum atomic E-state index is 12.6. The third-order valence-corrected chi connectivity index (χ3v) is 5.46. The standard InChI is InChI=1S/C19H15N3O2S2/c1-25-19-20-11-15(22(19)13-7-3-2-4-8-13)18(23)24-12-17-21-14-9-5-6-10-16(14)26-17/h2-11H,12H2,1H3. The van der Waals surface area contributed by atoms with Gasteiger partial charge in [-0.25, -0.2) is 14.8 Å². The van der Waals surface area contributed by atoms with E-state index in [1.165, 1.54) is 23.1 Å². The number of carbonyl (C=O) groups is 1. The van der Waals surface area contributed by atoms with Gasteiger partial charge in [-0.3, -0.25) is 4.57 Å². The Labute approximate surface area is 158 Å². The normalized spacial score (nSPS) is 11.0. The van der Waals surface area contributed by atoms with Crippen molar-refractivity contribution in [3.63, 3.8) is 0 Å². The van der Waals surface area contributed by atoms with Gasteiger partial charge in [-0.05, 0) is 30.5 Å². The molecule has 0 N–H and O–H groups in total. The van der Waals surface area contributed by atoms with E-state index in [4.69, 9.17) is 4.74 Å². The van der Waals surface area contributed by atoms with Gasteiger partial charge < -0.3 is 4.74 Å². The molecule has 26 heavy (non-hydrogen) atoms. The molecule has 0 amide bonds. The topological polar surface area (TPSA) is 57.0 Å². The lowest BCUT2D eigenvalue weighted by molar-refractivity contribution is 0.0462. The molecule has 2 heterocycles. The second-order valence-corrected chi connectivity index (χ2v) is 7.34. The lowest BCUT2D eigenvalue weighted by Crippen LogP contribution is -2.11. The van der Waals surface area contributed by atoms with Crippen LogP contribution >= 0.6 is 23.1 Å². The zero-order valence-electron chi connectivity index (χ0n) is 14.0. The molecule has 0 saturated heterocycles. The van der Waals surface area contributed by atoms with Crippen LogP contribution in [0.25, 0.3) is 15.9 Å². The highest BCUT2D eigenvalue weighted by atomic mass is 32.2. The molecule has 2 aromatic carbocycles. The average Bonchev–Trinajstić information content (AvgIpc) is 3.30. The minimum absolute atomic E-state index is 0.146. The number of carbonyl (C=O) groups excluding carboxylic acids is 1. The van der Waals surface area contributed by atoms with Crippen LogP contribution in [0, 0.1) is 0 Å². The zero-order chi connectivity index (χ0) is 17.9. The van der Waals surface area contributed by atoms with Gasteiger partial charge in [-0.15, -0.1) is 11.3 Å². The number of hydrogen-bond donors (Lipinski definition) is 0. The molecule has 7 heteroatoms. The number of aromatic nitrogens is 3. The van der Waals surface area contributed by atoms with Crippen LogP contribution in [0.1, 0.15) is 15.5 Å². The fourth-order valence-electron chi connectivity index (χ4n) is 2.63. The molecule has 5 nitrogen and oxygen atoms in total. The summed E-state index contributed by atoms with van der Waals surface area (Å²) in [6.45, 7) is 0.146. The summed E-state index contributed by atoms with van der Waals surface area (Å²) in [5.41, 5.74) is 2.20. The minimum atomic E-state index is -0.416. The Morgan fingerprint density at radius 3 is 2.69 bits per heavy atom. The van der Waals surface area contributed by atoms with Gasteiger partial charge in [-0.1, -0.05) is 42.1 Å². The molecule has 0 bridgehead atoms. The summed E-state index contributed by atoms with van der Waals surface area (Å²) in [4.78, 5) is 21.5. The van der Waals surface area contributed by atoms with Crippen LogP contribution < -0.4 is 0 Å². The first kappa shape index (κ1) is 16.8. The summed E-state index contributed by atoms with van der Waals surface area (Å²) in [7, 11) is 0. The predicted octanol–water partition coefficient (Wildman–Crippen LogP) is 4.56. The van der Waals surface area contributed by atoms with E-state index in [9.17, 15) is 4.79 Å². The van der Waals surface area contributed by atoms with Crippen molar-refractivity contribution in [1.29, 1.82) is 0 Å². The van der Waals surface area contributed by atoms with Crippen LogP contribution in [0.4, 0.5) is 0 Å². The Morgan fingerprint density at radius 2 is 1.92 bits per heavy atom. The molecule has 0 radical (unpaired) electrons. The van der Waals surface area contributed by atoms with Crippen molar-refractivity contribution in [3.8, 4) is 5.69 Å². The molecule has 130 valence electrons. The van der Waals surface area contributed by atoms with Crippen LogP contribution in [0.5, 0.6) is 0 Å². The van der Waals surface area contributed by atoms with E-state index in [0.717, 1.165) is 26.1 Å². The number of rotatable bonds is 5. The Morgan fingerprint density at radius 1 is 1.15 bits per heavy atom. The molecule has 0 aliphatic rings. The van der Waals surface area contributed by atoms with E-state index < -0.39 is 5.97 Å². The number of ether oxygens (including phenoxy) is 1. The maximum absolute atomic E-state index is 12.6. The Bertz CT molecular complexity index is 1020. The van der Waals surface area contributed by atoms with Crippen molar-refractivity contribution in [1.82, 2.24) is 14.5 Å². The van der Waals surface area contributed by atoms with Gasteiger partial charge >= 0.3 is 5.97 Å². The molecule has 0 aliphatic carbocycles. The zero-order valence-corrected chi connectivity index (χ0v) is 15.6. The number of para-hydroxylation sites is 2. The number of thioether (sulfide) groups is 1. The van der Waals surface area contributed by atoms with Crippen molar-refractivity contribution in [2.45, 2.75) is 11.8 Å². The molecule has 0 atom stereocenters. The van der Waals surface area contributed by atoms with Gasteiger partial charge in [0.2, 0.25) is 0 Å². The summed E-state index contributed by atoms with van der Waals surface area (Å²) in [6.07, 6.45) is 3.48. The third-order valence-electron chi connectivity index (χ3n) is 3.80. The number of fused-ring (bicyclic) bond motifs is 1. The first-order valence-electron chi connectivity index (χ1n) is 7.95. The SMILES string of the molecule is CSc1ncc(C(=O)OCc2nc3ccccc3s2)n1-c1ccccc1. The Balaban J connectivity index is 1.57. The number of nitrogens with zero attached hydrogens (tertiary/aromatic N) is 3. The first-order chi connectivity index (χ1) is 12.8. The second-order valence-electron chi connectivity index (χ2n) is 5.45. The molecule has 4 rings (SSSR count). The summed E-state index contributed by atoms with van der Waals surface area (Å²) >= 11 is 3.01. The van der Waals surface area contributed by atoms with E-state index in [1.807, 2.05) is 65.4 Å². The molecule has 0 fully saturated rings. The molecule has 0 aliphatic heterocycles. The van der Waals surface area contributed by atoms with E-state index in [-0.39, 0.29) is 6.61 Å². The average molecular weight is 381 g/mol. The van der Waals surface area contributed by atoms with Crippen LogP contribution in [0.2, 0.25) is 0 Å². The highest BCUT2D eigenvalue weighted by molar-refractivity contribution is 7.98. The van der Waals surface area contributed by atoms with E-state index in [0.29, 0.717) is 5.69 Å². The fraction of sp³-hybridized carbons (Fsp3) is 0.105. The van der Waals surface area contributed by atoms with E-state index >= 15 is 0 Å². The minimum Gasteiger partial charge on any atom is -0.454 e. The Hall–Kier alpha value is -2.64. The molecular formula is C19H15N3O2S2. The summed E-state index contributed by atoms with van der Waals surface area (Å²) < 4.78 is 8.39. The van der Waals surface area contributed by atoms with Crippen molar-refractivity contribution >= 4 is 39.3 Å². The third kappa shape index (κ3) is 3.23. The largest absolute Gasteiger partial charge is 0.454 e. The van der Waals surface area contributed by atoms with Gasteiger partial charge in [0, 0.05) is 5.69 Å². The quantitative estimate of drug-likeness (QED) is 0.375. The maximum Gasteiger partial charge on any atom is 0.357 e. The van der Waals surface area contributed by atoms with Gasteiger partial charge in [0.15, 0.2) is 10.9 Å². The summed E-state index contributed by atoms with van der Waals surface area (Å²) in [5, 5.41) is 1.51. The molecule has 0 saturated carbocycles. The molecule has 0 spiro atoms. The summed E-state index contributed by atoms with van der Waals surface area (Å²) in [5.74, 6) is -0.416. The lowest BCUT2D eigenvalue weighted by Gasteiger charge is -2.10. The van der Waals surface area contributed by atoms with E-state index in [2.05, 4.69) is 9.97 Å². The van der Waals surface area contributed by atoms with Gasteiger partial charge in [0.05, 0.1) is 16.4 Å². The highest BCUT2D eigenvalue weighted by Gasteiger charge is 2.19. The van der Waals surface area contributed by atoms with Crippen LogP contribution in [-0.4, -0.2) is 26.8 Å². The number of benzene rings is 2. The van der Waals surface area contributed by atoms with E-state index in [1.54, 1.807) is 6.20 Å². The van der Waals surface area contributed by atoms with Crippen molar-refractivity contribution in [2.75, 3.05) is 6.26 Å². The van der Waals surface area contributed by atoms with Gasteiger partial charge in [0.1, 0.15) is 11.6 Å². The molecule has 0 unspecified atom stereocenters. The van der Waals surface area contributed by atoms with Gasteiger partial charge in [0.25, 0.3) is 0 Å². The number of thiazole rings is 1. The molecule has 4 aromatic rings. The van der Waals surface area contributed by atoms with Crippen molar-refractivity contribution in [3.05, 3.63) is 71.5 Å². The van der Waals surface area contributed by atoms with Crippen molar-refractivity contribution in [2.24, 2.45) is 0 Å². The monoisotopic (exact) mass is 381 g/mol. The van der Waals surface area contributed by atoms with Crippen LogP contribution in [0.15, 0.2) is 66.0 Å². The smallest absolute Gasteiger partial charge is 0.357 e. The highest BCUT2D eigenvalue weighted by Crippen LogP contribution is 2.24. The number of imidazole rings is 1. The summed E-state index contributed by atoms with van der Waals surface area (Å²) in [6, 6.07) is 17.5. The molecule has 2 aromatic heterocycles. The molecular weight excluding hydrogens is 366 g/mol. The Kier molecular flexibility index (Phi) is 4.73. The van der Waals surface area contributed by atoms with Crippen molar-refractivity contribution < 1.29 is 9.53 Å². The first-order valence-corrected chi connectivity index (χ1v) is 9.99. The second kappa shape index (κ2) is 7.31. The predicted molar refractivity (Wildman–Crippen MR) is 104 cm³/mol. The number of esters is 1. The lowest BCUT2D eigenvalue weighted by atomic mass is 10.3. The number of hydrogen-bond acceptors (Lipinski definition) is 6. The van der Waals surface area contributed by atoms with Gasteiger partial charge in [-0.2, -0.15) is 0 Å².